The normalized spacial score (nSPS) is 12.0. The van der Waals surface area contributed by atoms with Gasteiger partial charge in [-0.1, -0.05) is 0 Å². The average molecular weight is 413 g/mol. The highest BCUT2D eigenvalue weighted by atomic mass is 19.4. The van der Waals surface area contributed by atoms with Crippen LogP contribution in [-0.4, -0.2) is 26.6 Å². The van der Waals surface area contributed by atoms with Gasteiger partial charge in [0.15, 0.2) is 0 Å². The molecule has 3 rings (SSSR count). The standard InChI is InChI=1S/C17H9F6N5O/c18-16(19,20)8-28-12-5-9(6-24)1-3-11(12)26-15(28)27-14(29)10-2-4-13(25-7-10)17(21,22)23/h1-5,7H,8H2,(H,26,27,29). The van der Waals surface area contributed by atoms with Crippen LogP contribution in [0.15, 0.2) is 36.5 Å². The third kappa shape index (κ3) is 4.45. The van der Waals surface area contributed by atoms with Crippen LogP contribution in [-0.2, 0) is 12.7 Å². The number of carbonyl (C=O) groups excluding carboxylic acids is 1. The number of hydrogen-bond donors (Lipinski definition) is 1. The molecule has 150 valence electrons. The number of carbonyl (C=O) groups is 1. The van der Waals surface area contributed by atoms with E-state index in [1.807, 2.05) is 0 Å². The number of fused-ring (bicyclic) bond motifs is 1. The molecule has 12 heteroatoms. The fraction of sp³-hybridized carbons (Fsp3) is 0.176. The lowest BCUT2D eigenvalue weighted by molar-refractivity contribution is -0.141. The van der Waals surface area contributed by atoms with Crippen molar-refractivity contribution in [2.24, 2.45) is 0 Å². The molecular weight excluding hydrogens is 404 g/mol. The van der Waals surface area contributed by atoms with Crippen molar-refractivity contribution >= 4 is 22.9 Å². The maximum atomic E-state index is 13.0. The Morgan fingerprint density at radius 2 is 1.86 bits per heavy atom. The van der Waals surface area contributed by atoms with E-state index >= 15 is 0 Å². The summed E-state index contributed by atoms with van der Waals surface area (Å²) < 4.78 is 77.3. The van der Waals surface area contributed by atoms with Gasteiger partial charge in [-0.15, -0.1) is 0 Å². The quantitative estimate of drug-likeness (QED) is 0.655. The van der Waals surface area contributed by atoms with Crippen LogP contribution in [0.25, 0.3) is 11.0 Å². The minimum absolute atomic E-state index is 0.0396. The van der Waals surface area contributed by atoms with E-state index < -0.39 is 36.4 Å². The van der Waals surface area contributed by atoms with Gasteiger partial charge in [0.25, 0.3) is 5.91 Å². The van der Waals surface area contributed by atoms with E-state index in [9.17, 15) is 31.1 Å². The Labute approximate surface area is 158 Å². The number of aromatic nitrogens is 3. The van der Waals surface area contributed by atoms with E-state index in [1.165, 1.54) is 18.2 Å². The first kappa shape index (κ1) is 20.1. The van der Waals surface area contributed by atoms with Crippen molar-refractivity contribution in [1.82, 2.24) is 14.5 Å². The van der Waals surface area contributed by atoms with Crippen LogP contribution in [0.2, 0.25) is 0 Å². The highest BCUT2D eigenvalue weighted by molar-refractivity contribution is 6.04. The predicted molar refractivity (Wildman–Crippen MR) is 87.7 cm³/mol. The molecule has 29 heavy (non-hydrogen) atoms. The summed E-state index contributed by atoms with van der Waals surface area (Å²) in [6.45, 7) is -1.50. The molecule has 2 heterocycles. The van der Waals surface area contributed by atoms with Crippen LogP contribution in [0, 0.1) is 11.3 Å². The summed E-state index contributed by atoms with van der Waals surface area (Å²) in [5.74, 6) is -1.47. The van der Waals surface area contributed by atoms with Crippen LogP contribution in [0.1, 0.15) is 21.6 Å². The smallest absolute Gasteiger partial charge is 0.301 e. The topological polar surface area (TPSA) is 83.6 Å². The van der Waals surface area contributed by atoms with E-state index in [2.05, 4.69) is 15.3 Å². The van der Waals surface area contributed by atoms with Crippen molar-refractivity contribution in [2.45, 2.75) is 18.9 Å². The van der Waals surface area contributed by atoms with Crippen LogP contribution in [0.5, 0.6) is 0 Å². The summed E-state index contributed by atoms with van der Waals surface area (Å²) in [6, 6.07) is 7.06. The Balaban J connectivity index is 1.97. The number of hydrogen-bond acceptors (Lipinski definition) is 4. The second kappa shape index (κ2) is 7.08. The molecule has 0 bridgehead atoms. The summed E-state index contributed by atoms with van der Waals surface area (Å²) in [4.78, 5) is 19.3. The molecule has 0 saturated carbocycles. The zero-order valence-electron chi connectivity index (χ0n) is 14.1. The molecule has 6 nitrogen and oxygen atoms in total. The van der Waals surface area contributed by atoms with Crippen LogP contribution in [0.3, 0.4) is 0 Å². The summed E-state index contributed by atoms with van der Waals surface area (Å²) in [5.41, 5.74) is -1.38. The Hall–Kier alpha value is -3.62. The maximum Gasteiger partial charge on any atom is 0.433 e. The lowest BCUT2D eigenvalue weighted by Crippen LogP contribution is -2.22. The second-order valence-electron chi connectivity index (χ2n) is 5.84. The first-order valence-electron chi connectivity index (χ1n) is 7.80. The van der Waals surface area contributed by atoms with Crippen LogP contribution >= 0.6 is 0 Å². The molecule has 0 aliphatic heterocycles. The van der Waals surface area contributed by atoms with Crippen molar-refractivity contribution < 1.29 is 31.1 Å². The van der Waals surface area contributed by atoms with Gasteiger partial charge in [-0.05, 0) is 30.3 Å². The molecule has 0 atom stereocenters. The summed E-state index contributed by atoms with van der Waals surface area (Å²) in [7, 11) is 0. The van der Waals surface area contributed by atoms with Crippen LogP contribution < -0.4 is 5.32 Å². The zero-order chi connectivity index (χ0) is 21.4. The summed E-state index contributed by atoms with van der Waals surface area (Å²) in [6.07, 6.45) is -8.71. The van der Waals surface area contributed by atoms with Crippen molar-refractivity contribution in [3.8, 4) is 6.07 Å². The van der Waals surface area contributed by atoms with Gasteiger partial charge in [0.05, 0.1) is 28.2 Å². The minimum Gasteiger partial charge on any atom is -0.301 e. The number of benzene rings is 1. The van der Waals surface area contributed by atoms with E-state index in [4.69, 9.17) is 5.26 Å². The number of nitriles is 1. The fourth-order valence-corrected chi connectivity index (χ4v) is 2.50. The molecule has 0 spiro atoms. The number of nitrogens with zero attached hydrogens (tertiary/aromatic N) is 4. The molecule has 0 radical (unpaired) electrons. The molecular formula is C17H9F6N5O. The first-order valence-corrected chi connectivity index (χ1v) is 7.80. The number of nitrogens with one attached hydrogen (secondary N) is 1. The van der Waals surface area contributed by atoms with Crippen molar-refractivity contribution in [2.75, 3.05) is 5.32 Å². The van der Waals surface area contributed by atoms with E-state index in [0.29, 0.717) is 16.8 Å². The maximum absolute atomic E-state index is 13.0. The van der Waals surface area contributed by atoms with Crippen molar-refractivity contribution in [1.29, 1.82) is 5.26 Å². The van der Waals surface area contributed by atoms with Gasteiger partial charge in [-0.25, -0.2) is 4.98 Å². The van der Waals surface area contributed by atoms with Gasteiger partial charge in [0.2, 0.25) is 5.95 Å². The summed E-state index contributed by atoms with van der Waals surface area (Å²) in [5, 5.41) is 11.1. The van der Waals surface area contributed by atoms with Gasteiger partial charge < -0.3 is 4.57 Å². The molecule has 0 unspecified atom stereocenters. The Morgan fingerprint density at radius 3 is 2.41 bits per heavy atom. The SMILES string of the molecule is N#Cc1ccc2nc(NC(=O)c3ccc(C(F)(F)F)nc3)n(CC(F)(F)F)c2c1. The van der Waals surface area contributed by atoms with Gasteiger partial charge in [-0.3, -0.25) is 15.1 Å². The molecule has 1 amide bonds. The third-order valence-electron chi connectivity index (χ3n) is 3.76. The number of imidazole rings is 1. The number of amides is 1. The van der Waals surface area contributed by atoms with Crippen molar-refractivity contribution in [3.63, 3.8) is 0 Å². The Bertz CT molecular complexity index is 1110. The van der Waals surface area contributed by atoms with Gasteiger partial charge in [0.1, 0.15) is 12.2 Å². The molecule has 1 aromatic carbocycles. The Kier molecular flexibility index (Phi) is 4.91. The average Bonchev–Trinajstić information content (AvgIpc) is 2.96. The van der Waals surface area contributed by atoms with Crippen molar-refractivity contribution in [3.05, 3.63) is 53.3 Å². The highest BCUT2D eigenvalue weighted by Crippen LogP contribution is 2.28. The van der Waals surface area contributed by atoms with E-state index in [1.54, 1.807) is 6.07 Å². The Morgan fingerprint density at radius 1 is 1.14 bits per heavy atom. The number of rotatable bonds is 3. The van der Waals surface area contributed by atoms with Gasteiger partial charge in [-0.2, -0.15) is 31.6 Å². The second-order valence-corrected chi connectivity index (χ2v) is 5.84. The lowest BCUT2D eigenvalue weighted by Gasteiger charge is -2.12. The first-order chi connectivity index (χ1) is 13.5. The number of anilines is 1. The predicted octanol–water partition coefficient (Wildman–Crippen LogP) is 4.14. The molecule has 3 aromatic rings. The molecule has 0 saturated heterocycles. The molecule has 1 N–H and O–H groups in total. The minimum atomic E-state index is -4.70. The van der Waals surface area contributed by atoms with E-state index in [-0.39, 0.29) is 22.2 Å². The largest absolute Gasteiger partial charge is 0.433 e. The number of alkyl halides is 6. The van der Waals surface area contributed by atoms with Gasteiger partial charge >= 0.3 is 12.4 Å². The summed E-state index contributed by atoms with van der Waals surface area (Å²) >= 11 is 0. The number of pyridine rings is 1. The molecule has 0 fully saturated rings. The zero-order valence-corrected chi connectivity index (χ0v) is 14.1. The highest BCUT2D eigenvalue weighted by Gasteiger charge is 2.33. The van der Waals surface area contributed by atoms with Gasteiger partial charge in [0, 0.05) is 6.20 Å². The molecule has 2 aromatic heterocycles. The lowest BCUT2D eigenvalue weighted by atomic mass is 10.2. The van der Waals surface area contributed by atoms with Crippen LogP contribution in [0.4, 0.5) is 32.3 Å². The fourth-order valence-electron chi connectivity index (χ4n) is 2.50. The molecule has 0 aliphatic rings. The molecule has 0 aliphatic carbocycles. The number of halogens is 6. The monoisotopic (exact) mass is 413 g/mol. The third-order valence-corrected chi connectivity index (χ3v) is 3.76. The van der Waals surface area contributed by atoms with E-state index in [0.717, 1.165) is 6.07 Å².